The third-order valence-electron chi connectivity index (χ3n) is 4.71. The summed E-state index contributed by atoms with van der Waals surface area (Å²) in [6, 6.07) is 26.4. The summed E-state index contributed by atoms with van der Waals surface area (Å²) in [6.07, 6.45) is 0. The van der Waals surface area contributed by atoms with Crippen molar-refractivity contribution in [2.45, 2.75) is 0 Å². The van der Waals surface area contributed by atoms with Crippen molar-refractivity contribution in [1.29, 1.82) is 0 Å². The van der Waals surface area contributed by atoms with Crippen LogP contribution in [0.5, 0.6) is 0 Å². The fourth-order valence-electron chi connectivity index (χ4n) is 3.36. The molecule has 0 unspecified atom stereocenters. The summed E-state index contributed by atoms with van der Waals surface area (Å²) in [4.78, 5) is 17.3. The van der Waals surface area contributed by atoms with E-state index in [9.17, 15) is 4.79 Å². The number of urea groups is 1. The second-order valence-corrected chi connectivity index (χ2v) is 6.74. The Bertz CT molecular complexity index is 1330. The van der Waals surface area contributed by atoms with E-state index in [4.69, 9.17) is 4.98 Å². The maximum atomic E-state index is 12.5. The van der Waals surface area contributed by atoms with Crippen LogP contribution in [-0.2, 0) is 0 Å². The van der Waals surface area contributed by atoms with Gasteiger partial charge in [0, 0.05) is 16.8 Å². The Morgan fingerprint density at radius 2 is 1.40 bits per heavy atom. The normalized spacial score (nSPS) is 10.8. The van der Waals surface area contributed by atoms with Gasteiger partial charge in [0.05, 0.1) is 16.4 Å². The van der Waals surface area contributed by atoms with Crippen LogP contribution in [-0.4, -0.2) is 21.2 Å². The van der Waals surface area contributed by atoms with Gasteiger partial charge in [0.15, 0.2) is 5.82 Å². The molecule has 2 heterocycles. The average molecular weight is 394 g/mol. The lowest BCUT2D eigenvalue weighted by molar-refractivity contribution is 0.262. The lowest BCUT2D eigenvalue weighted by Gasteiger charge is -2.11. The Hall–Kier alpha value is -4.39. The van der Waals surface area contributed by atoms with Crippen molar-refractivity contribution < 1.29 is 4.79 Å². The summed E-state index contributed by atoms with van der Waals surface area (Å²) < 4.78 is 0. The first-order chi connectivity index (χ1) is 14.8. The Labute approximate surface area is 172 Å². The number of nitrogens with one attached hydrogen (secondary N) is 4. The van der Waals surface area contributed by atoms with E-state index < -0.39 is 0 Å². The predicted octanol–water partition coefficient (Wildman–Crippen LogP) is 5.50. The van der Waals surface area contributed by atoms with Crippen LogP contribution in [0.15, 0.2) is 84.9 Å². The van der Waals surface area contributed by atoms with Crippen molar-refractivity contribution in [3.63, 3.8) is 0 Å². The number of carbonyl (C=O) groups excluding carboxylic acids is 1. The van der Waals surface area contributed by atoms with Crippen molar-refractivity contribution in [2.75, 3.05) is 16.0 Å². The van der Waals surface area contributed by atoms with Crippen LogP contribution < -0.4 is 16.0 Å². The third-order valence-corrected chi connectivity index (χ3v) is 4.71. The minimum absolute atomic E-state index is 0.381. The van der Waals surface area contributed by atoms with Gasteiger partial charge in [0.2, 0.25) is 0 Å². The maximum absolute atomic E-state index is 12.5. The summed E-state index contributed by atoms with van der Waals surface area (Å²) in [5.41, 5.74) is 3.21. The summed E-state index contributed by atoms with van der Waals surface area (Å²) in [7, 11) is 0. The van der Waals surface area contributed by atoms with Crippen LogP contribution in [0.1, 0.15) is 0 Å². The fraction of sp³-hybridized carbons (Fsp3) is 0. The molecule has 5 rings (SSSR count). The fourth-order valence-corrected chi connectivity index (χ4v) is 3.36. The first-order valence-electron chi connectivity index (χ1n) is 9.50. The van der Waals surface area contributed by atoms with Crippen molar-refractivity contribution in [2.24, 2.45) is 0 Å². The van der Waals surface area contributed by atoms with Gasteiger partial charge in [-0.2, -0.15) is 5.10 Å². The molecule has 146 valence electrons. The Morgan fingerprint density at radius 1 is 0.733 bits per heavy atom. The lowest BCUT2D eigenvalue weighted by atomic mass is 10.1. The number of H-pyrrole nitrogens is 1. The average Bonchev–Trinajstić information content (AvgIpc) is 3.19. The van der Waals surface area contributed by atoms with Crippen LogP contribution in [0.3, 0.4) is 0 Å². The molecule has 0 aliphatic carbocycles. The molecule has 3 aromatic carbocycles. The molecule has 2 aromatic heterocycles. The van der Waals surface area contributed by atoms with E-state index >= 15 is 0 Å². The molecule has 0 saturated heterocycles. The Morgan fingerprint density at radius 3 is 2.17 bits per heavy atom. The second kappa shape index (κ2) is 7.56. The number of hydrogen-bond acceptors (Lipinski definition) is 4. The Balaban J connectivity index is 1.57. The van der Waals surface area contributed by atoms with Crippen LogP contribution >= 0.6 is 0 Å². The highest BCUT2D eigenvalue weighted by atomic mass is 16.2. The standard InChI is InChI=1S/C23H18N6O/c30-23(25-16-11-5-2-6-12-16)27-22-19-20(28-29-22)17-13-7-8-14-18(17)26-21(19)24-15-9-3-1-4-10-15/h1-14H,(H,24,26)(H3,25,27,28,29,30). The molecule has 0 spiro atoms. The van der Waals surface area contributed by atoms with Crippen LogP contribution in [0.2, 0.25) is 0 Å². The van der Waals surface area contributed by atoms with Gasteiger partial charge in [-0.1, -0.05) is 54.6 Å². The van der Waals surface area contributed by atoms with E-state index in [1.165, 1.54) is 0 Å². The van der Waals surface area contributed by atoms with E-state index in [1.54, 1.807) is 0 Å². The summed E-state index contributed by atoms with van der Waals surface area (Å²) in [5.74, 6) is 1.01. The van der Waals surface area contributed by atoms with Crippen molar-refractivity contribution in [3.05, 3.63) is 84.9 Å². The van der Waals surface area contributed by atoms with Gasteiger partial charge >= 0.3 is 6.03 Å². The molecule has 7 nitrogen and oxygen atoms in total. The van der Waals surface area contributed by atoms with E-state index in [0.29, 0.717) is 22.7 Å². The summed E-state index contributed by atoms with van der Waals surface area (Å²) >= 11 is 0. The maximum Gasteiger partial charge on any atom is 0.324 e. The first kappa shape index (κ1) is 17.7. The zero-order valence-corrected chi connectivity index (χ0v) is 15.9. The molecule has 7 heteroatoms. The highest BCUT2D eigenvalue weighted by Gasteiger charge is 2.17. The molecule has 0 bridgehead atoms. The van der Waals surface area contributed by atoms with E-state index in [0.717, 1.165) is 22.1 Å². The van der Waals surface area contributed by atoms with Crippen molar-refractivity contribution >= 4 is 50.8 Å². The van der Waals surface area contributed by atoms with Crippen LogP contribution in [0, 0.1) is 0 Å². The number of anilines is 4. The topological polar surface area (TPSA) is 94.7 Å². The largest absolute Gasteiger partial charge is 0.340 e. The summed E-state index contributed by atoms with van der Waals surface area (Å²) in [6.45, 7) is 0. The number of fused-ring (bicyclic) bond motifs is 3. The molecule has 0 saturated carbocycles. The number of hydrogen-bond donors (Lipinski definition) is 4. The monoisotopic (exact) mass is 394 g/mol. The van der Waals surface area contributed by atoms with Gasteiger partial charge in [0.1, 0.15) is 5.82 Å². The number of carbonyl (C=O) groups is 1. The number of amides is 2. The van der Waals surface area contributed by atoms with Gasteiger partial charge in [-0.25, -0.2) is 9.78 Å². The number of nitrogens with zero attached hydrogens (tertiary/aromatic N) is 2. The van der Waals surface area contributed by atoms with Crippen molar-refractivity contribution in [3.8, 4) is 0 Å². The van der Waals surface area contributed by atoms with Gasteiger partial charge in [0.25, 0.3) is 0 Å². The molecule has 4 N–H and O–H groups in total. The lowest BCUT2D eigenvalue weighted by Crippen LogP contribution is -2.19. The quantitative estimate of drug-likeness (QED) is 0.324. The number of benzene rings is 3. The van der Waals surface area contributed by atoms with Gasteiger partial charge in [-0.3, -0.25) is 10.4 Å². The van der Waals surface area contributed by atoms with Gasteiger partial charge in [-0.15, -0.1) is 0 Å². The predicted molar refractivity (Wildman–Crippen MR) is 120 cm³/mol. The molecule has 30 heavy (non-hydrogen) atoms. The zero-order chi connectivity index (χ0) is 20.3. The molecule has 5 aromatic rings. The van der Waals surface area contributed by atoms with Gasteiger partial charge < -0.3 is 10.6 Å². The number of aromatic amines is 1. The number of para-hydroxylation sites is 3. The first-order valence-corrected chi connectivity index (χ1v) is 9.50. The molecule has 0 aliphatic rings. The van der Waals surface area contributed by atoms with E-state index in [2.05, 4.69) is 26.1 Å². The molecule has 0 aliphatic heterocycles. The third kappa shape index (κ3) is 3.40. The minimum Gasteiger partial charge on any atom is -0.340 e. The SMILES string of the molecule is O=C(Nc1ccccc1)Nc1n[nH]c2c1c(Nc1ccccc1)nc1ccccc12. The molecular weight excluding hydrogens is 376 g/mol. The Kier molecular flexibility index (Phi) is 4.46. The molecule has 2 amide bonds. The molecule has 0 radical (unpaired) electrons. The minimum atomic E-state index is -0.381. The van der Waals surface area contributed by atoms with Crippen LogP contribution in [0.25, 0.3) is 21.8 Å². The number of aromatic nitrogens is 3. The van der Waals surface area contributed by atoms with Crippen molar-refractivity contribution in [1.82, 2.24) is 15.2 Å². The zero-order valence-electron chi connectivity index (χ0n) is 15.9. The van der Waals surface area contributed by atoms with Gasteiger partial charge in [-0.05, 0) is 30.3 Å². The number of rotatable bonds is 4. The van der Waals surface area contributed by atoms with E-state index in [-0.39, 0.29) is 6.03 Å². The van der Waals surface area contributed by atoms with Crippen LogP contribution in [0.4, 0.5) is 27.8 Å². The summed E-state index contributed by atoms with van der Waals surface area (Å²) in [5, 5.41) is 18.0. The smallest absolute Gasteiger partial charge is 0.324 e. The highest BCUT2D eigenvalue weighted by Crippen LogP contribution is 2.34. The number of pyridine rings is 1. The molecule has 0 atom stereocenters. The van der Waals surface area contributed by atoms with E-state index in [1.807, 2.05) is 84.9 Å². The molecular formula is C23H18N6O. The molecule has 0 fully saturated rings. The second-order valence-electron chi connectivity index (χ2n) is 6.74. The highest BCUT2D eigenvalue weighted by molar-refractivity contribution is 6.15.